The average molecular weight is 396 g/mol. The Kier molecular flexibility index (Phi) is 8.01. The number of ether oxygens (including phenoxy) is 3. The van der Waals surface area contributed by atoms with E-state index in [-0.39, 0.29) is 5.41 Å². The first-order chi connectivity index (χ1) is 13.5. The number of unbranched alkanes of at least 4 members (excludes halogenated alkanes) is 1. The van der Waals surface area contributed by atoms with E-state index in [0.717, 1.165) is 71.0 Å². The molecule has 6 heteroatoms. The van der Waals surface area contributed by atoms with Gasteiger partial charge in [-0.3, -0.25) is 4.99 Å². The molecule has 3 rings (SSSR count). The Morgan fingerprint density at radius 3 is 2.61 bits per heavy atom. The molecule has 2 heterocycles. The number of hydrogen-bond donors (Lipinski definition) is 1. The molecule has 3 unspecified atom stereocenters. The number of guanidine groups is 1. The summed E-state index contributed by atoms with van der Waals surface area (Å²) in [6.07, 6.45) is 8.88. The van der Waals surface area contributed by atoms with Crippen LogP contribution < -0.4 is 5.32 Å². The van der Waals surface area contributed by atoms with Crippen LogP contribution in [0.2, 0.25) is 0 Å². The molecule has 28 heavy (non-hydrogen) atoms. The average Bonchev–Trinajstić information content (AvgIpc) is 3.22. The highest BCUT2D eigenvalue weighted by Crippen LogP contribution is 2.43. The highest BCUT2D eigenvalue weighted by molar-refractivity contribution is 5.80. The van der Waals surface area contributed by atoms with Crippen LogP contribution in [-0.2, 0) is 14.2 Å². The third-order valence-corrected chi connectivity index (χ3v) is 6.79. The Balaban J connectivity index is 1.39. The molecule has 0 bridgehead atoms. The lowest BCUT2D eigenvalue weighted by Crippen LogP contribution is -2.64. The van der Waals surface area contributed by atoms with Crippen LogP contribution in [0.5, 0.6) is 0 Å². The van der Waals surface area contributed by atoms with Gasteiger partial charge >= 0.3 is 0 Å². The van der Waals surface area contributed by atoms with Crippen molar-refractivity contribution in [2.45, 2.75) is 90.1 Å². The summed E-state index contributed by atoms with van der Waals surface area (Å²) in [7, 11) is 1.89. The van der Waals surface area contributed by atoms with Crippen LogP contribution >= 0.6 is 0 Å². The van der Waals surface area contributed by atoms with Crippen LogP contribution in [0.4, 0.5) is 0 Å². The van der Waals surface area contributed by atoms with Gasteiger partial charge in [0.25, 0.3) is 0 Å². The Labute approximate surface area is 171 Å². The minimum atomic E-state index is 0.145. The molecule has 1 saturated carbocycles. The lowest BCUT2D eigenvalue weighted by molar-refractivity contribution is -0.114. The van der Waals surface area contributed by atoms with Crippen molar-refractivity contribution < 1.29 is 14.2 Å². The van der Waals surface area contributed by atoms with Crippen LogP contribution in [0.25, 0.3) is 0 Å². The highest BCUT2D eigenvalue weighted by Gasteiger charge is 2.49. The Bertz CT molecular complexity index is 497. The second-order valence-corrected chi connectivity index (χ2v) is 9.17. The summed E-state index contributed by atoms with van der Waals surface area (Å²) in [5.74, 6) is 1.03. The highest BCUT2D eigenvalue weighted by atomic mass is 16.5. The molecule has 1 aliphatic carbocycles. The van der Waals surface area contributed by atoms with Crippen molar-refractivity contribution in [2.75, 3.05) is 40.0 Å². The zero-order valence-electron chi connectivity index (χ0n) is 18.4. The fourth-order valence-electron chi connectivity index (χ4n) is 4.49. The van der Waals surface area contributed by atoms with E-state index in [1.807, 2.05) is 7.05 Å². The summed E-state index contributed by atoms with van der Waals surface area (Å²) in [6, 6.07) is 0.423. The number of nitrogens with one attached hydrogen (secondary N) is 1. The summed E-state index contributed by atoms with van der Waals surface area (Å²) >= 11 is 0. The summed E-state index contributed by atoms with van der Waals surface area (Å²) < 4.78 is 17.9. The predicted octanol–water partition coefficient (Wildman–Crippen LogP) is 3.21. The Hall–Kier alpha value is -0.850. The maximum Gasteiger partial charge on any atom is 0.193 e. The zero-order chi connectivity index (χ0) is 20.0. The van der Waals surface area contributed by atoms with Crippen molar-refractivity contribution in [3.63, 3.8) is 0 Å². The minimum Gasteiger partial charge on any atom is -0.378 e. The minimum absolute atomic E-state index is 0.145. The number of nitrogens with zero attached hydrogens (tertiary/aromatic N) is 2. The van der Waals surface area contributed by atoms with Gasteiger partial charge in [0.1, 0.15) is 0 Å². The Morgan fingerprint density at radius 2 is 2.00 bits per heavy atom. The van der Waals surface area contributed by atoms with E-state index in [2.05, 4.69) is 36.0 Å². The van der Waals surface area contributed by atoms with Crippen molar-refractivity contribution >= 4 is 5.96 Å². The van der Waals surface area contributed by atoms with Gasteiger partial charge in [0.05, 0.1) is 24.9 Å². The zero-order valence-corrected chi connectivity index (χ0v) is 18.4. The summed E-state index contributed by atoms with van der Waals surface area (Å²) in [4.78, 5) is 6.95. The molecule has 2 saturated heterocycles. The largest absolute Gasteiger partial charge is 0.378 e. The van der Waals surface area contributed by atoms with Crippen molar-refractivity contribution in [1.82, 2.24) is 10.2 Å². The van der Waals surface area contributed by atoms with Gasteiger partial charge in [0.2, 0.25) is 0 Å². The molecule has 0 amide bonds. The smallest absolute Gasteiger partial charge is 0.193 e. The van der Waals surface area contributed by atoms with Gasteiger partial charge in [0.15, 0.2) is 5.96 Å². The molecule has 3 fully saturated rings. The number of hydrogen-bond acceptors (Lipinski definition) is 4. The van der Waals surface area contributed by atoms with E-state index in [9.17, 15) is 0 Å². The van der Waals surface area contributed by atoms with Gasteiger partial charge in [-0.05, 0) is 38.5 Å². The number of aliphatic imine (C=N–C) groups is 1. The second-order valence-electron chi connectivity index (χ2n) is 9.17. The van der Waals surface area contributed by atoms with Gasteiger partial charge in [0, 0.05) is 44.8 Å². The first-order valence-corrected chi connectivity index (χ1v) is 11.4. The monoisotopic (exact) mass is 395 g/mol. The molecule has 0 aromatic carbocycles. The van der Waals surface area contributed by atoms with Crippen molar-refractivity contribution in [3.8, 4) is 0 Å². The molecule has 6 nitrogen and oxygen atoms in total. The van der Waals surface area contributed by atoms with Crippen LogP contribution in [0, 0.1) is 5.41 Å². The van der Waals surface area contributed by atoms with Crippen molar-refractivity contribution in [1.29, 1.82) is 0 Å². The van der Waals surface area contributed by atoms with E-state index in [1.165, 1.54) is 12.8 Å². The van der Waals surface area contributed by atoms with Gasteiger partial charge in [-0.1, -0.05) is 27.2 Å². The lowest BCUT2D eigenvalue weighted by Gasteiger charge is -2.52. The second kappa shape index (κ2) is 10.3. The fraction of sp³-hybridized carbons (Fsp3) is 0.955. The van der Waals surface area contributed by atoms with Gasteiger partial charge < -0.3 is 24.4 Å². The predicted molar refractivity (Wildman–Crippen MR) is 113 cm³/mol. The Morgan fingerprint density at radius 1 is 1.21 bits per heavy atom. The van der Waals surface area contributed by atoms with E-state index in [1.54, 1.807) is 0 Å². The molecule has 162 valence electrons. The fourth-order valence-corrected chi connectivity index (χ4v) is 4.49. The van der Waals surface area contributed by atoms with Crippen LogP contribution in [-0.4, -0.2) is 75.2 Å². The van der Waals surface area contributed by atoms with Crippen LogP contribution in [0.3, 0.4) is 0 Å². The van der Waals surface area contributed by atoms with E-state index < -0.39 is 0 Å². The standard InChI is InChI=1S/C22H41N3O3/c1-5-6-13-27-20-15-19(22(20,2)3)24-21(23-4)25-11-9-17(10-12-25)28-16-18-8-7-14-26-18/h17-20H,5-16H2,1-4H3,(H,23,24). The van der Waals surface area contributed by atoms with Gasteiger partial charge in [-0.2, -0.15) is 0 Å². The molecule has 0 radical (unpaired) electrons. The molecular formula is C22H41N3O3. The maximum atomic E-state index is 6.11. The SMILES string of the molecule is CCCCOC1CC(NC(=NC)N2CCC(OCC3CCCO3)CC2)C1(C)C. The van der Waals surface area contributed by atoms with E-state index >= 15 is 0 Å². The number of piperidine rings is 1. The third kappa shape index (κ3) is 5.39. The molecule has 2 aliphatic heterocycles. The summed E-state index contributed by atoms with van der Waals surface area (Å²) in [5, 5.41) is 3.71. The quantitative estimate of drug-likeness (QED) is 0.389. The first-order valence-electron chi connectivity index (χ1n) is 11.4. The normalized spacial score (nSPS) is 31.1. The molecule has 3 aliphatic rings. The molecule has 1 N–H and O–H groups in total. The topological polar surface area (TPSA) is 55.3 Å². The van der Waals surface area contributed by atoms with Crippen molar-refractivity contribution in [2.24, 2.45) is 10.4 Å². The summed E-state index contributed by atoms with van der Waals surface area (Å²) in [6.45, 7) is 11.4. The summed E-state index contributed by atoms with van der Waals surface area (Å²) in [5.41, 5.74) is 0.145. The molecule has 3 atom stereocenters. The number of likely N-dealkylation sites (tertiary alicyclic amines) is 1. The van der Waals surface area contributed by atoms with Crippen LogP contribution in [0.1, 0.15) is 65.7 Å². The van der Waals surface area contributed by atoms with Gasteiger partial charge in [-0.25, -0.2) is 0 Å². The maximum absolute atomic E-state index is 6.11. The molecule has 0 aromatic rings. The number of rotatable bonds is 8. The first kappa shape index (κ1) is 21.8. The lowest BCUT2D eigenvalue weighted by atomic mass is 9.64. The van der Waals surface area contributed by atoms with Crippen LogP contribution in [0.15, 0.2) is 4.99 Å². The van der Waals surface area contributed by atoms with Crippen molar-refractivity contribution in [3.05, 3.63) is 0 Å². The van der Waals surface area contributed by atoms with E-state index in [0.29, 0.717) is 24.4 Å². The molecule has 0 aromatic heterocycles. The van der Waals surface area contributed by atoms with E-state index in [4.69, 9.17) is 14.2 Å². The molecular weight excluding hydrogens is 354 g/mol. The third-order valence-electron chi connectivity index (χ3n) is 6.79. The molecule has 0 spiro atoms. The van der Waals surface area contributed by atoms with Gasteiger partial charge in [-0.15, -0.1) is 0 Å².